The fourth-order valence-electron chi connectivity index (χ4n) is 2.12. The van der Waals surface area contributed by atoms with Gasteiger partial charge in [-0.1, -0.05) is 13.8 Å². The van der Waals surface area contributed by atoms with Crippen molar-refractivity contribution in [3.8, 4) is 0 Å². The Morgan fingerprint density at radius 2 is 1.86 bits per heavy atom. The molecule has 8 nitrogen and oxygen atoms in total. The third-order valence-corrected chi connectivity index (χ3v) is 3.13. The molecule has 0 fully saturated rings. The molecule has 122 valence electrons. The maximum Gasteiger partial charge on any atom is 0.326 e. The number of aliphatic imine (C=N–C) groups is 1. The fraction of sp³-hybridized carbons (Fsp3) is 0.769. The largest absolute Gasteiger partial charge is 0.480 e. The molecular weight excluding hydrogens is 274 g/mol. The number of nitrogens with two attached hydrogens (primary N) is 3. The lowest BCUT2D eigenvalue weighted by Gasteiger charge is -2.32. The predicted molar refractivity (Wildman–Crippen MR) is 81.5 cm³/mol. The summed E-state index contributed by atoms with van der Waals surface area (Å²) in [7, 11) is 0. The van der Waals surface area contributed by atoms with Crippen molar-refractivity contribution in [3.63, 3.8) is 0 Å². The molecule has 0 saturated heterocycles. The lowest BCUT2D eigenvalue weighted by atomic mass is 10.0. The minimum atomic E-state index is -1.02. The Balaban J connectivity index is 4.69. The zero-order valence-corrected chi connectivity index (χ0v) is 13.0. The van der Waals surface area contributed by atoms with Gasteiger partial charge in [0.25, 0.3) is 0 Å². The number of carbonyl (C=O) groups excluding carboxylic acids is 1. The number of rotatable bonds is 9. The van der Waals surface area contributed by atoms with Crippen molar-refractivity contribution in [2.24, 2.45) is 28.1 Å². The zero-order valence-electron chi connectivity index (χ0n) is 13.0. The van der Waals surface area contributed by atoms with Crippen LogP contribution in [0.4, 0.5) is 0 Å². The van der Waals surface area contributed by atoms with Crippen LogP contribution in [0.2, 0.25) is 0 Å². The Morgan fingerprint density at radius 3 is 2.24 bits per heavy atom. The minimum Gasteiger partial charge on any atom is -0.480 e. The van der Waals surface area contributed by atoms with E-state index in [0.717, 1.165) is 0 Å². The molecule has 0 spiro atoms. The van der Waals surface area contributed by atoms with Gasteiger partial charge in [0.05, 0.1) is 6.04 Å². The van der Waals surface area contributed by atoms with Gasteiger partial charge in [0.2, 0.25) is 5.91 Å². The molecule has 21 heavy (non-hydrogen) atoms. The summed E-state index contributed by atoms with van der Waals surface area (Å²) in [6, 6.07) is -1.62. The Bertz CT molecular complexity index is 380. The summed E-state index contributed by atoms with van der Waals surface area (Å²) in [6.07, 6.45) is 0.957. The summed E-state index contributed by atoms with van der Waals surface area (Å²) >= 11 is 0. The van der Waals surface area contributed by atoms with Gasteiger partial charge in [-0.3, -0.25) is 9.79 Å². The van der Waals surface area contributed by atoms with E-state index in [-0.39, 0.29) is 17.8 Å². The van der Waals surface area contributed by atoms with Crippen LogP contribution in [0.15, 0.2) is 4.99 Å². The molecule has 8 heteroatoms. The van der Waals surface area contributed by atoms with E-state index in [1.165, 1.54) is 4.90 Å². The number of aliphatic carboxylic acids is 1. The van der Waals surface area contributed by atoms with Crippen molar-refractivity contribution < 1.29 is 14.7 Å². The molecule has 2 atom stereocenters. The molecule has 0 aliphatic heterocycles. The van der Waals surface area contributed by atoms with Gasteiger partial charge >= 0.3 is 5.97 Å². The van der Waals surface area contributed by atoms with Crippen LogP contribution >= 0.6 is 0 Å². The zero-order chi connectivity index (χ0) is 16.6. The van der Waals surface area contributed by atoms with E-state index < -0.39 is 18.1 Å². The van der Waals surface area contributed by atoms with Gasteiger partial charge in [-0.15, -0.1) is 0 Å². The normalized spacial score (nSPS) is 13.6. The number of likely N-dealkylation sites (N-methyl/N-ethyl adjacent to an activating group) is 1. The van der Waals surface area contributed by atoms with Crippen molar-refractivity contribution in [1.82, 2.24) is 4.90 Å². The first-order valence-electron chi connectivity index (χ1n) is 7.06. The van der Waals surface area contributed by atoms with Crippen LogP contribution in [-0.2, 0) is 9.59 Å². The van der Waals surface area contributed by atoms with Crippen LogP contribution in [0.1, 0.15) is 33.6 Å². The fourth-order valence-corrected chi connectivity index (χ4v) is 2.12. The summed E-state index contributed by atoms with van der Waals surface area (Å²) in [5.41, 5.74) is 16.3. The van der Waals surface area contributed by atoms with Gasteiger partial charge in [0.15, 0.2) is 5.96 Å². The van der Waals surface area contributed by atoms with E-state index >= 15 is 0 Å². The van der Waals surface area contributed by atoms with Crippen LogP contribution in [0.5, 0.6) is 0 Å². The number of hydrogen-bond donors (Lipinski definition) is 4. The molecule has 0 radical (unpaired) electrons. The summed E-state index contributed by atoms with van der Waals surface area (Å²) in [4.78, 5) is 28.8. The molecule has 0 unspecified atom stereocenters. The molecule has 0 aromatic heterocycles. The number of carboxylic acid groups (broad SMARTS) is 1. The SMILES string of the molecule is CCN(C(=O)[C@@H](N)CCCN=C(N)N)[C@H](C(=O)O)C(C)C. The maximum absolute atomic E-state index is 12.3. The molecule has 0 aliphatic carbocycles. The first-order chi connectivity index (χ1) is 9.72. The van der Waals surface area contributed by atoms with E-state index in [2.05, 4.69) is 4.99 Å². The second-order valence-corrected chi connectivity index (χ2v) is 5.21. The number of carbonyl (C=O) groups is 2. The Morgan fingerprint density at radius 1 is 1.29 bits per heavy atom. The van der Waals surface area contributed by atoms with Crippen LogP contribution in [0.25, 0.3) is 0 Å². The first-order valence-corrected chi connectivity index (χ1v) is 7.06. The van der Waals surface area contributed by atoms with Crippen LogP contribution in [0.3, 0.4) is 0 Å². The van der Waals surface area contributed by atoms with E-state index in [9.17, 15) is 14.7 Å². The number of guanidine groups is 1. The van der Waals surface area contributed by atoms with Gasteiger partial charge in [-0.25, -0.2) is 4.79 Å². The highest BCUT2D eigenvalue weighted by atomic mass is 16.4. The highest BCUT2D eigenvalue weighted by Gasteiger charge is 2.33. The summed E-state index contributed by atoms with van der Waals surface area (Å²) in [6.45, 7) is 5.96. The van der Waals surface area contributed by atoms with Gasteiger partial charge < -0.3 is 27.2 Å². The molecule has 7 N–H and O–H groups in total. The molecule has 0 aliphatic rings. The molecule has 1 amide bonds. The monoisotopic (exact) mass is 301 g/mol. The summed E-state index contributed by atoms with van der Waals surface area (Å²) < 4.78 is 0. The highest BCUT2D eigenvalue weighted by Crippen LogP contribution is 2.13. The standard InChI is InChI=1S/C13H27N5O3/c1-4-18(10(8(2)3)12(20)21)11(19)9(14)6-5-7-17-13(15)16/h8-10H,4-7,14H2,1-3H3,(H,20,21)(H4,15,16,17)/t9-,10-/m0/s1. The van der Waals surface area contributed by atoms with E-state index in [1.54, 1.807) is 20.8 Å². The Hall–Kier alpha value is -1.83. The van der Waals surface area contributed by atoms with Crippen LogP contribution in [-0.4, -0.2) is 53.0 Å². The van der Waals surface area contributed by atoms with Crippen LogP contribution in [0, 0.1) is 5.92 Å². The third-order valence-electron chi connectivity index (χ3n) is 3.13. The van der Waals surface area contributed by atoms with Crippen molar-refractivity contribution in [1.29, 1.82) is 0 Å². The van der Waals surface area contributed by atoms with Crippen molar-refractivity contribution in [2.45, 2.75) is 45.7 Å². The lowest BCUT2D eigenvalue weighted by Crippen LogP contribution is -2.53. The molecule has 0 aromatic carbocycles. The Kier molecular flexibility index (Phi) is 8.37. The van der Waals surface area contributed by atoms with Crippen molar-refractivity contribution in [3.05, 3.63) is 0 Å². The van der Waals surface area contributed by atoms with Gasteiger partial charge in [0.1, 0.15) is 6.04 Å². The number of carboxylic acids is 1. The molecule has 0 saturated carbocycles. The molecule has 0 bridgehead atoms. The summed E-state index contributed by atoms with van der Waals surface area (Å²) in [5, 5.41) is 9.27. The first kappa shape index (κ1) is 19.2. The number of hydrogen-bond acceptors (Lipinski definition) is 4. The van der Waals surface area contributed by atoms with Crippen LogP contribution < -0.4 is 17.2 Å². The molecule has 0 aromatic rings. The average molecular weight is 301 g/mol. The predicted octanol–water partition coefficient (Wildman–Crippen LogP) is -0.675. The van der Waals surface area contributed by atoms with E-state index in [4.69, 9.17) is 17.2 Å². The smallest absolute Gasteiger partial charge is 0.326 e. The van der Waals surface area contributed by atoms with Gasteiger partial charge in [0, 0.05) is 13.1 Å². The topological polar surface area (TPSA) is 148 Å². The third kappa shape index (κ3) is 6.44. The van der Waals surface area contributed by atoms with Crippen molar-refractivity contribution >= 4 is 17.8 Å². The number of nitrogens with zero attached hydrogens (tertiary/aromatic N) is 2. The number of amides is 1. The quantitative estimate of drug-likeness (QED) is 0.252. The molecular formula is C13H27N5O3. The molecule has 0 rings (SSSR count). The summed E-state index contributed by atoms with van der Waals surface area (Å²) in [5.74, 6) is -1.58. The maximum atomic E-state index is 12.3. The molecule has 0 heterocycles. The lowest BCUT2D eigenvalue weighted by molar-refractivity contribution is -0.152. The van der Waals surface area contributed by atoms with Gasteiger partial charge in [-0.05, 0) is 25.7 Å². The van der Waals surface area contributed by atoms with Gasteiger partial charge in [-0.2, -0.15) is 0 Å². The second-order valence-electron chi connectivity index (χ2n) is 5.21. The second kappa shape index (κ2) is 9.17. The highest BCUT2D eigenvalue weighted by molar-refractivity contribution is 5.87. The van der Waals surface area contributed by atoms with E-state index in [0.29, 0.717) is 25.9 Å². The van der Waals surface area contributed by atoms with E-state index in [1.807, 2.05) is 0 Å². The van der Waals surface area contributed by atoms with Crippen molar-refractivity contribution in [2.75, 3.05) is 13.1 Å². The Labute approximate surface area is 125 Å². The minimum absolute atomic E-state index is 0.00386. The average Bonchev–Trinajstić information content (AvgIpc) is 2.38.